The Morgan fingerprint density at radius 1 is 1.85 bits per heavy atom. The van der Waals surface area contributed by atoms with Crippen molar-refractivity contribution < 1.29 is 18.9 Å². The maximum atomic E-state index is 10.8. The molecule has 0 fully saturated rings. The molecule has 0 aliphatic heterocycles. The molecule has 0 radical (unpaired) electrons. The second kappa shape index (κ2) is 2.62. The number of aromatic nitrogens is 3. The fraction of sp³-hybridized carbons (Fsp3) is 0.200. The first kappa shape index (κ1) is 8.83. The molecule has 0 spiro atoms. The lowest BCUT2D eigenvalue weighted by atomic mass is 11.0. The molecular formula is C5H6N3O3PS. The van der Waals surface area contributed by atoms with Crippen LogP contribution in [0.2, 0.25) is 0 Å². The minimum Gasteiger partial charge on any atom is -0.773 e. The largest absolute Gasteiger partial charge is 0.773 e. The van der Waals surface area contributed by atoms with Gasteiger partial charge in [0.25, 0.3) is 6.33 Å². The van der Waals surface area contributed by atoms with E-state index < -0.39 is 7.60 Å². The number of hydrogen-bond donors (Lipinski definition) is 1. The van der Waals surface area contributed by atoms with Gasteiger partial charge in [-0.05, 0) is 0 Å². The molecule has 6 nitrogen and oxygen atoms in total. The first-order valence-electron chi connectivity index (χ1n) is 3.35. The highest BCUT2D eigenvalue weighted by molar-refractivity contribution is 7.59. The summed E-state index contributed by atoms with van der Waals surface area (Å²) in [4.78, 5) is 20.3. The molecule has 1 atom stereocenters. The Labute approximate surface area is 77.2 Å². The van der Waals surface area contributed by atoms with Crippen molar-refractivity contribution in [3.05, 3.63) is 11.7 Å². The molecule has 8 heteroatoms. The van der Waals surface area contributed by atoms with Gasteiger partial charge < -0.3 is 14.4 Å². The molecule has 0 aliphatic carbocycles. The Balaban J connectivity index is 2.79. The summed E-state index contributed by atoms with van der Waals surface area (Å²) in [5.41, 5.74) is -0.173. The smallest absolute Gasteiger partial charge is 0.324 e. The molecule has 0 bridgehead atoms. The topological polar surface area (TPSA) is 81.5 Å². The minimum absolute atomic E-state index is 0.173. The summed E-state index contributed by atoms with van der Waals surface area (Å²) in [6.07, 6.45) is 1.48. The summed E-state index contributed by atoms with van der Waals surface area (Å²) < 4.78 is 13.7. The summed E-state index contributed by atoms with van der Waals surface area (Å²) in [5.74, 6) is 0. The van der Waals surface area contributed by atoms with E-state index in [-0.39, 0.29) is 5.44 Å². The van der Waals surface area contributed by atoms with Gasteiger partial charge in [-0.2, -0.15) is 0 Å². The minimum atomic E-state index is -4.45. The number of nitrogens with zero attached hydrogens (tertiary/aromatic N) is 3. The molecule has 0 saturated carbocycles. The molecule has 0 aliphatic rings. The maximum absolute atomic E-state index is 10.8. The van der Waals surface area contributed by atoms with Gasteiger partial charge >= 0.3 is 4.96 Å². The molecule has 70 valence electrons. The van der Waals surface area contributed by atoms with Crippen molar-refractivity contribution in [2.75, 3.05) is 0 Å². The quantitative estimate of drug-likeness (QED) is 0.462. The third kappa shape index (κ3) is 1.30. The van der Waals surface area contributed by atoms with E-state index in [1.807, 2.05) is 0 Å². The van der Waals surface area contributed by atoms with Crippen molar-refractivity contribution in [1.29, 1.82) is 0 Å². The van der Waals surface area contributed by atoms with Crippen molar-refractivity contribution in [3.8, 4) is 0 Å². The zero-order valence-corrected chi connectivity index (χ0v) is 8.33. The predicted molar refractivity (Wildman–Crippen MR) is 43.7 cm³/mol. The summed E-state index contributed by atoms with van der Waals surface area (Å²) in [5, 5.41) is 5.16. The van der Waals surface area contributed by atoms with Gasteiger partial charge in [0.15, 0.2) is 7.60 Å². The second-order valence-electron chi connectivity index (χ2n) is 2.55. The zero-order valence-electron chi connectivity index (χ0n) is 6.62. The molecule has 1 unspecified atom stereocenters. The normalized spacial score (nSPS) is 16.2. The average molecular weight is 219 g/mol. The van der Waals surface area contributed by atoms with Crippen molar-refractivity contribution in [3.63, 3.8) is 0 Å². The summed E-state index contributed by atoms with van der Waals surface area (Å²) in [7, 11) is -2.71. The van der Waals surface area contributed by atoms with E-state index in [0.717, 1.165) is 0 Å². The summed E-state index contributed by atoms with van der Waals surface area (Å²) >= 11 is 1.21. The Kier molecular flexibility index (Phi) is 1.78. The Hall–Kier alpha value is -0.750. The number of hydrogen-bond acceptors (Lipinski definition) is 4. The molecule has 13 heavy (non-hydrogen) atoms. The van der Waals surface area contributed by atoms with Crippen molar-refractivity contribution in [2.45, 2.75) is 0 Å². The van der Waals surface area contributed by atoms with Gasteiger partial charge in [0, 0.05) is 10.5 Å². The van der Waals surface area contributed by atoms with Crippen LogP contribution in [0.3, 0.4) is 0 Å². The van der Waals surface area contributed by atoms with Crippen LogP contribution in [-0.2, 0) is 11.6 Å². The molecule has 2 rings (SSSR count). The van der Waals surface area contributed by atoms with E-state index in [0.29, 0.717) is 4.96 Å². The highest BCUT2D eigenvalue weighted by Crippen LogP contribution is 2.28. The number of rotatable bonds is 1. The average Bonchev–Trinajstić information content (AvgIpc) is 2.51. The van der Waals surface area contributed by atoms with E-state index >= 15 is 0 Å². The van der Waals surface area contributed by atoms with Crippen LogP contribution in [-0.4, -0.2) is 14.5 Å². The second-order valence-corrected chi connectivity index (χ2v) is 4.89. The zero-order chi connectivity index (χ0) is 9.64. The molecule has 0 aromatic carbocycles. The number of aryl methyl sites for hydroxylation is 1. The molecule has 0 saturated heterocycles. The highest BCUT2D eigenvalue weighted by atomic mass is 32.1. The molecule has 2 aromatic heterocycles. The van der Waals surface area contributed by atoms with Crippen LogP contribution in [0.5, 0.6) is 0 Å². The SMILES string of the molecule is C[n+]1cnn2c(P(=O)([O-])O)csc21. The van der Waals surface area contributed by atoms with Crippen LogP contribution in [0.25, 0.3) is 4.96 Å². The van der Waals surface area contributed by atoms with Crippen LogP contribution < -0.4 is 14.9 Å². The standard InChI is InChI=1S/C5H6N3O3PS/c1-7-3-6-8-4(12(9,10)11)2-13-5(7)8/h2-3H,1H3,(H-,9,10,11). The number of fused-ring (bicyclic) bond motifs is 1. The van der Waals surface area contributed by atoms with E-state index in [9.17, 15) is 9.46 Å². The highest BCUT2D eigenvalue weighted by Gasteiger charge is 2.22. The van der Waals surface area contributed by atoms with Gasteiger partial charge in [-0.15, -0.1) is 0 Å². The monoisotopic (exact) mass is 219 g/mol. The van der Waals surface area contributed by atoms with E-state index in [1.165, 1.54) is 27.6 Å². The molecule has 2 heterocycles. The van der Waals surface area contributed by atoms with Gasteiger partial charge in [0.1, 0.15) is 0 Å². The van der Waals surface area contributed by atoms with Crippen LogP contribution in [0.1, 0.15) is 0 Å². The van der Waals surface area contributed by atoms with E-state index in [2.05, 4.69) is 5.10 Å². The van der Waals surface area contributed by atoms with Gasteiger partial charge in [-0.3, -0.25) is 0 Å². The third-order valence-electron chi connectivity index (χ3n) is 1.60. The fourth-order valence-corrected chi connectivity index (χ4v) is 2.92. The van der Waals surface area contributed by atoms with E-state index in [4.69, 9.17) is 4.89 Å². The maximum Gasteiger partial charge on any atom is 0.324 e. The van der Waals surface area contributed by atoms with Gasteiger partial charge in [-0.25, -0.2) is 4.57 Å². The van der Waals surface area contributed by atoms with Crippen molar-refractivity contribution in [2.24, 2.45) is 7.05 Å². The first-order chi connectivity index (χ1) is 6.00. The Morgan fingerprint density at radius 3 is 3.15 bits per heavy atom. The number of thiazole rings is 1. The molecular weight excluding hydrogens is 213 g/mol. The Morgan fingerprint density at radius 2 is 2.54 bits per heavy atom. The van der Waals surface area contributed by atoms with Gasteiger partial charge in [0.2, 0.25) is 5.44 Å². The van der Waals surface area contributed by atoms with Crippen molar-refractivity contribution in [1.82, 2.24) is 9.61 Å². The summed E-state index contributed by atoms with van der Waals surface area (Å²) in [6.45, 7) is 0. The van der Waals surface area contributed by atoms with Crippen LogP contribution >= 0.6 is 18.9 Å². The lowest BCUT2D eigenvalue weighted by Gasteiger charge is -2.09. The van der Waals surface area contributed by atoms with Crippen LogP contribution in [0, 0.1) is 0 Å². The van der Waals surface area contributed by atoms with Gasteiger partial charge in [-0.1, -0.05) is 15.9 Å². The molecule has 2 aromatic rings. The fourth-order valence-electron chi connectivity index (χ4n) is 1.01. The van der Waals surface area contributed by atoms with E-state index in [1.54, 1.807) is 11.6 Å². The molecule has 0 amide bonds. The Bertz CT molecular complexity index is 498. The summed E-state index contributed by atoms with van der Waals surface area (Å²) in [6, 6.07) is 0. The lowest BCUT2D eigenvalue weighted by Crippen LogP contribution is -2.25. The van der Waals surface area contributed by atoms with Gasteiger partial charge in [0.05, 0.1) is 7.05 Å². The van der Waals surface area contributed by atoms with Crippen LogP contribution in [0.15, 0.2) is 11.7 Å². The lowest BCUT2D eigenvalue weighted by molar-refractivity contribution is -0.643. The third-order valence-corrected chi connectivity index (χ3v) is 3.68. The predicted octanol–water partition coefficient (Wildman–Crippen LogP) is -1.61. The first-order valence-corrected chi connectivity index (χ1v) is 5.81. The van der Waals surface area contributed by atoms with Crippen LogP contribution in [0.4, 0.5) is 0 Å². The molecule has 1 N–H and O–H groups in total. The van der Waals surface area contributed by atoms with Crippen molar-refractivity contribution >= 4 is 29.3 Å².